The summed E-state index contributed by atoms with van der Waals surface area (Å²) in [4.78, 5) is 26.1. The largest absolute Gasteiger partial charge is 0.354 e. The van der Waals surface area contributed by atoms with Crippen molar-refractivity contribution in [3.05, 3.63) is 34.3 Å². The summed E-state index contributed by atoms with van der Waals surface area (Å²) in [5.74, 6) is 0.259. The minimum atomic E-state index is -0.481. The van der Waals surface area contributed by atoms with Crippen LogP contribution in [-0.2, 0) is 16.1 Å². The molecule has 0 aliphatic heterocycles. The molecule has 0 aliphatic rings. The molecule has 22 heavy (non-hydrogen) atoms. The van der Waals surface area contributed by atoms with Gasteiger partial charge in [0.2, 0.25) is 11.8 Å². The number of benzene rings is 1. The molecule has 0 bridgehead atoms. The smallest absolute Gasteiger partial charge is 0.242 e. The van der Waals surface area contributed by atoms with Gasteiger partial charge < -0.3 is 10.2 Å². The summed E-state index contributed by atoms with van der Waals surface area (Å²) < 4.78 is 0.964. The molecule has 0 unspecified atom stereocenters. The van der Waals surface area contributed by atoms with Crippen molar-refractivity contribution in [2.45, 2.75) is 46.7 Å². The number of hydrogen-bond acceptors (Lipinski definition) is 2. The third kappa shape index (κ3) is 5.79. The summed E-state index contributed by atoms with van der Waals surface area (Å²) in [7, 11) is 0. The Morgan fingerprint density at radius 2 is 1.95 bits per heavy atom. The Morgan fingerprint density at radius 1 is 1.27 bits per heavy atom. The van der Waals surface area contributed by atoms with Crippen molar-refractivity contribution in [1.29, 1.82) is 0 Å². The van der Waals surface area contributed by atoms with Crippen LogP contribution >= 0.6 is 15.9 Å². The van der Waals surface area contributed by atoms with E-state index in [1.807, 2.05) is 45.0 Å². The third-order valence-electron chi connectivity index (χ3n) is 3.40. The van der Waals surface area contributed by atoms with Gasteiger partial charge in [-0.3, -0.25) is 9.59 Å². The predicted octanol–water partition coefficient (Wildman–Crippen LogP) is 3.35. The molecule has 4 nitrogen and oxygen atoms in total. The lowest BCUT2D eigenvalue weighted by molar-refractivity contribution is -0.140. The quantitative estimate of drug-likeness (QED) is 0.801. The first kappa shape index (κ1) is 18.7. The number of amides is 2. The van der Waals surface area contributed by atoms with Crippen LogP contribution in [0.25, 0.3) is 0 Å². The molecular weight excluding hydrogens is 344 g/mol. The Hall–Kier alpha value is -1.36. The maximum Gasteiger partial charge on any atom is 0.242 e. The molecule has 1 atom stereocenters. The second-order valence-electron chi connectivity index (χ2n) is 5.82. The fourth-order valence-electron chi connectivity index (χ4n) is 2.07. The van der Waals surface area contributed by atoms with Gasteiger partial charge in [-0.15, -0.1) is 0 Å². The molecule has 1 aromatic rings. The first-order valence-corrected chi connectivity index (χ1v) is 8.46. The van der Waals surface area contributed by atoms with Crippen molar-refractivity contribution in [2.24, 2.45) is 5.92 Å². The van der Waals surface area contributed by atoms with Crippen molar-refractivity contribution in [3.8, 4) is 0 Å². The first-order valence-electron chi connectivity index (χ1n) is 7.66. The van der Waals surface area contributed by atoms with Crippen molar-refractivity contribution in [1.82, 2.24) is 10.2 Å². The number of nitrogens with zero attached hydrogens (tertiary/aromatic N) is 1. The number of halogens is 1. The van der Waals surface area contributed by atoms with E-state index in [4.69, 9.17) is 0 Å². The first-order chi connectivity index (χ1) is 10.3. The molecule has 1 N–H and O–H groups in total. The number of carbonyl (C=O) groups is 2. The standard InChI is InChI=1S/C17H25BrN2O2/c1-5-16(21)20(11-14-7-6-8-15(18)9-14)13(4)17(22)19-10-12(2)3/h6-9,12-13H,5,10-11H2,1-4H3,(H,19,22)/t13-/m0/s1. The Morgan fingerprint density at radius 3 is 2.50 bits per heavy atom. The lowest BCUT2D eigenvalue weighted by Crippen LogP contribution is -2.48. The van der Waals surface area contributed by atoms with Crippen LogP contribution in [-0.4, -0.2) is 29.3 Å². The lowest BCUT2D eigenvalue weighted by Gasteiger charge is -2.28. The number of carbonyl (C=O) groups excluding carboxylic acids is 2. The van der Waals surface area contributed by atoms with Gasteiger partial charge in [-0.25, -0.2) is 0 Å². The molecular formula is C17H25BrN2O2. The van der Waals surface area contributed by atoms with Gasteiger partial charge in [-0.2, -0.15) is 0 Å². The number of nitrogens with one attached hydrogen (secondary N) is 1. The third-order valence-corrected chi connectivity index (χ3v) is 3.89. The summed E-state index contributed by atoms with van der Waals surface area (Å²) in [6.45, 7) is 8.73. The maximum atomic E-state index is 12.3. The number of rotatable bonds is 7. The highest BCUT2D eigenvalue weighted by Crippen LogP contribution is 2.15. The summed E-state index contributed by atoms with van der Waals surface area (Å²) >= 11 is 3.43. The van der Waals surface area contributed by atoms with Crippen LogP contribution in [0, 0.1) is 5.92 Å². The molecule has 0 saturated heterocycles. The molecule has 1 aromatic carbocycles. The number of hydrogen-bond donors (Lipinski definition) is 1. The summed E-state index contributed by atoms with van der Waals surface area (Å²) in [5.41, 5.74) is 1.000. The second-order valence-corrected chi connectivity index (χ2v) is 6.74. The predicted molar refractivity (Wildman–Crippen MR) is 92.3 cm³/mol. The molecule has 1 rings (SSSR count). The summed E-state index contributed by atoms with van der Waals surface area (Å²) in [6.07, 6.45) is 0.385. The van der Waals surface area contributed by atoms with E-state index in [1.54, 1.807) is 11.8 Å². The van der Waals surface area contributed by atoms with Crippen LogP contribution in [0.2, 0.25) is 0 Å². The van der Waals surface area contributed by atoms with Crippen LogP contribution in [0.15, 0.2) is 28.7 Å². The molecule has 0 aromatic heterocycles. The molecule has 122 valence electrons. The van der Waals surface area contributed by atoms with Crippen LogP contribution < -0.4 is 5.32 Å². The van der Waals surface area contributed by atoms with Crippen molar-refractivity contribution >= 4 is 27.7 Å². The van der Waals surface area contributed by atoms with Crippen LogP contribution in [0.4, 0.5) is 0 Å². The fraction of sp³-hybridized carbons (Fsp3) is 0.529. The van der Waals surface area contributed by atoms with E-state index in [2.05, 4.69) is 21.2 Å². The Balaban J connectivity index is 2.83. The SMILES string of the molecule is CCC(=O)N(Cc1cccc(Br)c1)[C@@H](C)C(=O)NCC(C)C. The van der Waals surface area contributed by atoms with Gasteiger partial charge in [-0.05, 0) is 30.5 Å². The zero-order chi connectivity index (χ0) is 16.7. The lowest BCUT2D eigenvalue weighted by atomic mass is 10.1. The molecule has 0 spiro atoms. The van der Waals surface area contributed by atoms with E-state index in [1.165, 1.54) is 0 Å². The summed E-state index contributed by atoms with van der Waals surface area (Å²) in [5, 5.41) is 2.90. The fourth-order valence-corrected chi connectivity index (χ4v) is 2.52. The molecule has 0 fully saturated rings. The van der Waals surface area contributed by atoms with Crippen molar-refractivity contribution < 1.29 is 9.59 Å². The van der Waals surface area contributed by atoms with Crippen molar-refractivity contribution in [2.75, 3.05) is 6.54 Å². The van der Waals surface area contributed by atoms with E-state index in [0.717, 1.165) is 10.0 Å². The van der Waals surface area contributed by atoms with Gasteiger partial charge in [0.15, 0.2) is 0 Å². The summed E-state index contributed by atoms with van der Waals surface area (Å²) in [6, 6.07) is 7.31. The Bertz CT molecular complexity index is 517. The van der Waals surface area contributed by atoms with Gasteiger partial charge >= 0.3 is 0 Å². The van der Waals surface area contributed by atoms with E-state index in [9.17, 15) is 9.59 Å². The Labute approximate surface area is 141 Å². The molecule has 0 radical (unpaired) electrons. The molecule has 0 aliphatic carbocycles. The molecule has 0 saturated carbocycles. The highest BCUT2D eigenvalue weighted by molar-refractivity contribution is 9.10. The van der Waals surface area contributed by atoms with Crippen LogP contribution in [0.1, 0.15) is 39.7 Å². The molecule has 0 heterocycles. The van der Waals surface area contributed by atoms with E-state index < -0.39 is 6.04 Å². The highest BCUT2D eigenvalue weighted by atomic mass is 79.9. The minimum Gasteiger partial charge on any atom is -0.354 e. The average Bonchev–Trinajstić information content (AvgIpc) is 2.48. The van der Waals surface area contributed by atoms with E-state index in [0.29, 0.717) is 25.4 Å². The second kappa shape index (κ2) is 8.93. The Kier molecular flexibility index (Phi) is 7.59. The van der Waals surface area contributed by atoms with E-state index >= 15 is 0 Å². The highest BCUT2D eigenvalue weighted by Gasteiger charge is 2.25. The average molecular weight is 369 g/mol. The maximum absolute atomic E-state index is 12.3. The zero-order valence-corrected chi connectivity index (χ0v) is 15.3. The van der Waals surface area contributed by atoms with Gasteiger partial charge in [0.25, 0.3) is 0 Å². The van der Waals surface area contributed by atoms with Gasteiger partial charge in [0.1, 0.15) is 6.04 Å². The van der Waals surface area contributed by atoms with Crippen molar-refractivity contribution in [3.63, 3.8) is 0 Å². The normalized spacial score (nSPS) is 12.1. The van der Waals surface area contributed by atoms with Crippen LogP contribution in [0.3, 0.4) is 0 Å². The minimum absolute atomic E-state index is 0.0211. The van der Waals surface area contributed by atoms with Gasteiger partial charge in [0.05, 0.1) is 0 Å². The molecule has 5 heteroatoms. The van der Waals surface area contributed by atoms with Crippen LogP contribution in [0.5, 0.6) is 0 Å². The topological polar surface area (TPSA) is 49.4 Å². The zero-order valence-electron chi connectivity index (χ0n) is 13.7. The van der Waals surface area contributed by atoms with Gasteiger partial charge in [0, 0.05) is 24.0 Å². The van der Waals surface area contributed by atoms with Gasteiger partial charge in [-0.1, -0.05) is 48.8 Å². The molecule has 2 amide bonds. The van der Waals surface area contributed by atoms with E-state index in [-0.39, 0.29) is 11.8 Å². The monoisotopic (exact) mass is 368 g/mol.